The van der Waals surface area contributed by atoms with Crippen LogP contribution >= 0.6 is 11.8 Å². The highest BCUT2D eigenvalue weighted by atomic mass is 32.2. The maximum absolute atomic E-state index is 12.7. The molecule has 148 valence electrons. The summed E-state index contributed by atoms with van der Waals surface area (Å²) in [6.07, 6.45) is 1.92. The fourth-order valence-corrected chi connectivity index (χ4v) is 4.39. The predicted molar refractivity (Wildman–Crippen MR) is 118 cm³/mol. The van der Waals surface area contributed by atoms with Gasteiger partial charge in [-0.25, -0.2) is 0 Å². The molecular formula is C23H24N4OS. The molecule has 0 bridgehead atoms. The van der Waals surface area contributed by atoms with Crippen molar-refractivity contribution in [3.8, 4) is 0 Å². The molecule has 0 saturated carbocycles. The second-order valence-corrected chi connectivity index (χ2v) is 8.07. The van der Waals surface area contributed by atoms with Crippen LogP contribution in [0.25, 0.3) is 16.6 Å². The summed E-state index contributed by atoms with van der Waals surface area (Å²) >= 11 is 1.42. The number of aromatic nitrogens is 3. The molecule has 6 heteroatoms. The summed E-state index contributed by atoms with van der Waals surface area (Å²) in [4.78, 5) is 12.7. The predicted octanol–water partition coefficient (Wildman–Crippen LogP) is 4.94. The number of aryl methyl sites for hydroxylation is 1. The molecule has 2 aromatic carbocycles. The highest BCUT2D eigenvalue weighted by Gasteiger charge is 2.16. The first-order valence-electron chi connectivity index (χ1n) is 9.88. The second-order valence-electron chi connectivity index (χ2n) is 7.13. The van der Waals surface area contributed by atoms with Gasteiger partial charge in [-0.15, -0.1) is 10.2 Å². The Balaban J connectivity index is 1.52. The van der Waals surface area contributed by atoms with Crippen molar-refractivity contribution in [3.05, 3.63) is 71.8 Å². The minimum Gasteiger partial charge on any atom is -0.349 e. The van der Waals surface area contributed by atoms with E-state index in [-0.39, 0.29) is 11.9 Å². The van der Waals surface area contributed by atoms with Gasteiger partial charge in [0.15, 0.2) is 10.8 Å². The second kappa shape index (κ2) is 8.66. The van der Waals surface area contributed by atoms with E-state index in [4.69, 9.17) is 0 Å². The van der Waals surface area contributed by atoms with Crippen molar-refractivity contribution in [2.24, 2.45) is 0 Å². The number of hydrogen-bond acceptors (Lipinski definition) is 4. The van der Waals surface area contributed by atoms with Gasteiger partial charge in [-0.3, -0.25) is 9.20 Å². The molecule has 4 rings (SSSR count). The van der Waals surface area contributed by atoms with Crippen molar-refractivity contribution in [2.45, 2.75) is 37.9 Å². The highest BCUT2D eigenvalue weighted by molar-refractivity contribution is 7.99. The molecule has 0 spiro atoms. The molecule has 1 amide bonds. The molecule has 0 fully saturated rings. The summed E-state index contributed by atoms with van der Waals surface area (Å²) in [5.74, 6) is 0.307. The van der Waals surface area contributed by atoms with E-state index in [1.165, 1.54) is 17.3 Å². The minimum atomic E-state index is 0.00507. The molecule has 29 heavy (non-hydrogen) atoms. The summed E-state index contributed by atoms with van der Waals surface area (Å²) in [5, 5.41) is 13.7. The number of fused-ring (bicyclic) bond motifs is 3. The zero-order valence-electron chi connectivity index (χ0n) is 16.6. The first-order valence-corrected chi connectivity index (χ1v) is 10.9. The van der Waals surface area contributed by atoms with E-state index in [2.05, 4.69) is 53.6 Å². The number of thioether (sulfide) groups is 1. The van der Waals surface area contributed by atoms with Gasteiger partial charge < -0.3 is 5.32 Å². The van der Waals surface area contributed by atoms with Crippen molar-refractivity contribution in [2.75, 3.05) is 5.75 Å². The number of nitrogens with one attached hydrogen (secondary N) is 1. The molecular weight excluding hydrogens is 380 g/mol. The van der Waals surface area contributed by atoms with Gasteiger partial charge in [0.1, 0.15) is 0 Å². The lowest BCUT2D eigenvalue weighted by Gasteiger charge is -2.18. The number of nitrogens with zero attached hydrogens (tertiary/aromatic N) is 3. The average Bonchev–Trinajstić information content (AvgIpc) is 3.16. The topological polar surface area (TPSA) is 59.3 Å². The number of amides is 1. The van der Waals surface area contributed by atoms with E-state index in [1.807, 2.05) is 40.8 Å². The van der Waals surface area contributed by atoms with Crippen LogP contribution in [0.1, 0.15) is 36.9 Å². The van der Waals surface area contributed by atoms with Crippen LogP contribution in [0.15, 0.2) is 65.8 Å². The highest BCUT2D eigenvalue weighted by Crippen LogP contribution is 2.26. The van der Waals surface area contributed by atoms with Crippen molar-refractivity contribution in [3.63, 3.8) is 0 Å². The van der Waals surface area contributed by atoms with Crippen LogP contribution in [0.4, 0.5) is 0 Å². The number of hydrogen-bond donors (Lipinski definition) is 1. The van der Waals surface area contributed by atoms with Gasteiger partial charge in [0.25, 0.3) is 0 Å². The van der Waals surface area contributed by atoms with E-state index in [1.54, 1.807) is 0 Å². The Hall–Kier alpha value is -2.86. The molecule has 2 heterocycles. The third kappa shape index (κ3) is 4.12. The van der Waals surface area contributed by atoms with Crippen LogP contribution in [0, 0.1) is 6.92 Å². The summed E-state index contributed by atoms with van der Waals surface area (Å²) < 4.78 is 2.03. The summed E-state index contributed by atoms with van der Waals surface area (Å²) in [6, 6.07) is 20.4. The lowest BCUT2D eigenvalue weighted by Crippen LogP contribution is -2.30. The van der Waals surface area contributed by atoms with Crippen LogP contribution in [0.5, 0.6) is 0 Å². The monoisotopic (exact) mass is 404 g/mol. The van der Waals surface area contributed by atoms with Gasteiger partial charge in [0.05, 0.1) is 17.3 Å². The molecule has 2 aromatic heterocycles. The van der Waals surface area contributed by atoms with Gasteiger partial charge >= 0.3 is 0 Å². The number of carbonyl (C=O) groups excluding carboxylic acids is 1. The zero-order chi connectivity index (χ0) is 20.2. The number of carbonyl (C=O) groups is 1. The number of para-hydroxylation sites is 1. The quantitative estimate of drug-likeness (QED) is 0.443. The lowest BCUT2D eigenvalue weighted by molar-refractivity contribution is -0.119. The largest absolute Gasteiger partial charge is 0.349 e. The Morgan fingerprint density at radius 1 is 1.10 bits per heavy atom. The maximum atomic E-state index is 12.7. The smallest absolute Gasteiger partial charge is 0.230 e. The van der Waals surface area contributed by atoms with E-state index in [9.17, 15) is 4.79 Å². The van der Waals surface area contributed by atoms with Gasteiger partial charge in [0.2, 0.25) is 5.91 Å². The first kappa shape index (κ1) is 19.5. The third-order valence-electron chi connectivity index (χ3n) is 5.02. The van der Waals surface area contributed by atoms with Crippen LogP contribution in [-0.4, -0.2) is 26.3 Å². The van der Waals surface area contributed by atoms with E-state index >= 15 is 0 Å². The van der Waals surface area contributed by atoms with Gasteiger partial charge in [0, 0.05) is 5.39 Å². The van der Waals surface area contributed by atoms with Crippen LogP contribution < -0.4 is 5.32 Å². The Bertz CT molecular complexity index is 1140. The molecule has 0 aliphatic rings. The first-order chi connectivity index (χ1) is 14.2. The fourth-order valence-electron chi connectivity index (χ4n) is 3.63. The molecule has 5 nitrogen and oxygen atoms in total. The van der Waals surface area contributed by atoms with Gasteiger partial charge in [-0.2, -0.15) is 0 Å². The Morgan fingerprint density at radius 2 is 1.86 bits per heavy atom. The third-order valence-corrected chi connectivity index (χ3v) is 5.95. The summed E-state index contributed by atoms with van der Waals surface area (Å²) in [7, 11) is 0. The van der Waals surface area contributed by atoms with Crippen LogP contribution in [0.3, 0.4) is 0 Å². The molecule has 0 unspecified atom stereocenters. The number of pyridine rings is 1. The summed E-state index contributed by atoms with van der Waals surface area (Å²) in [5.41, 5.74) is 4.17. The zero-order valence-corrected chi connectivity index (χ0v) is 17.4. The minimum absolute atomic E-state index is 0.00507. The van der Waals surface area contributed by atoms with Crippen molar-refractivity contribution >= 4 is 34.2 Å². The number of benzene rings is 2. The Morgan fingerprint density at radius 3 is 2.66 bits per heavy atom. The standard InChI is InChI=1S/C23H24N4OS/c1-3-9-19(17-10-5-4-6-11-17)24-22(28)15-29-23-26-25-21-14-16(2)18-12-7-8-13-20(18)27(21)23/h4-8,10-14,19H,3,9,15H2,1-2H3,(H,24,28)/t19-/m1/s1. The van der Waals surface area contributed by atoms with Crippen molar-refractivity contribution in [1.82, 2.24) is 19.9 Å². The molecule has 1 atom stereocenters. The molecule has 0 saturated heterocycles. The Kier molecular flexibility index (Phi) is 5.81. The van der Waals surface area contributed by atoms with E-state index < -0.39 is 0 Å². The number of rotatable bonds is 7. The van der Waals surface area contributed by atoms with Gasteiger partial charge in [-0.05, 0) is 36.6 Å². The molecule has 0 radical (unpaired) electrons. The Labute approximate surface area is 174 Å². The molecule has 0 aliphatic carbocycles. The molecule has 4 aromatic rings. The molecule has 0 aliphatic heterocycles. The fraction of sp³-hybridized carbons (Fsp3) is 0.261. The van der Waals surface area contributed by atoms with E-state index in [0.717, 1.165) is 40.1 Å². The maximum Gasteiger partial charge on any atom is 0.230 e. The normalized spacial score (nSPS) is 12.3. The SMILES string of the molecule is CCC[C@@H](NC(=O)CSc1nnc2cc(C)c3ccccc3n12)c1ccccc1. The van der Waals surface area contributed by atoms with Gasteiger partial charge in [-0.1, -0.05) is 73.6 Å². The van der Waals surface area contributed by atoms with Crippen molar-refractivity contribution < 1.29 is 4.79 Å². The average molecular weight is 405 g/mol. The van der Waals surface area contributed by atoms with Crippen LogP contribution in [-0.2, 0) is 4.79 Å². The van der Waals surface area contributed by atoms with Crippen molar-refractivity contribution in [1.29, 1.82) is 0 Å². The van der Waals surface area contributed by atoms with E-state index in [0.29, 0.717) is 5.75 Å². The van der Waals surface area contributed by atoms with Crippen LogP contribution in [0.2, 0.25) is 0 Å². The summed E-state index contributed by atoms with van der Waals surface area (Å²) in [6.45, 7) is 4.21. The molecule has 1 N–H and O–H groups in total. The lowest BCUT2D eigenvalue weighted by atomic mass is 10.0.